The molecular formula is C53H42N4OPt. The van der Waals surface area contributed by atoms with Crippen LogP contribution in [0.2, 0.25) is 0 Å². The Morgan fingerprint density at radius 1 is 0.542 bits per heavy atom. The molecule has 7 aromatic carbocycles. The maximum absolute atomic E-state index is 6.78. The third-order valence-corrected chi connectivity index (χ3v) is 12.2. The number of hydrogen-bond acceptors (Lipinski definition) is 3. The number of anilines is 2. The molecule has 5 nitrogen and oxygen atoms in total. The summed E-state index contributed by atoms with van der Waals surface area (Å²) in [7, 11) is 0. The Balaban J connectivity index is 1.08. The first-order valence-corrected chi connectivity index (χ1v) is 21.1. The van der Waals surface area contributed by atoms with Gasteiger partial charge in [0.25, 0.3) is 0 Å². The number of imidazole rings is 1. The van der Waals surface area contributed by atoms with Crippen LogP contribution in [0.15, 0.2) is 188 Å². The minimum absolute atomic E-state index is 0.00181. The van der Waals surface area contributed by atoms with E-state index in [1.165, 1.54) is 44.5 Å². The molecule has 0 aliphatic carbocycles. The fourth-order valence-corrected chi connectivity index (χ4v) is 9.41. The van der Waals surface area contributed by atoms with Crippen molar-refractivity contribution in [3.63, 3.8) is 0 Å². The average molecular weight is 946 g/mol. The molecule has 0 radical (unpaired) electrons. The number of fused-ring (bicyclic) bond motifs is 4. The van der Waals surface area contributed by atoms with Crippen LogP contribution < -0.4 is 9.64 Å². The van der Waals surface area contributed by atoms with Crippen molar-refractivity contribution in [1.82, 2.24) is 14.1 Å². The predicted molar refractivity (Wildman–Crippen MR) is 237 cm³/mol. The molecule has 2 aromatic heterocycles. The molecule has 6 heteroatoms. The van der Waals surface area contributed by atoms with Crippen LogP contribution in [0, 0.1) is 3.80 Å². The third-order valence-electron chi connectivity index (χ3n) is 11.2. The second-order valence-corrected chi connectivity index (χ2v) is 17.0. The molecule has 0 atom stereocenters. The Hall–Kier alpha value is -6.55. The summed E-state index contributed by atoms with van der Waals surface area (Å²) in [4.78, 5) is 7.21. The van der Waals surface area contributed by atoms with Crippen molar-refractivity contribution in [2.24, 2.45) is 0 Å². The molecule has 0 N–H and O–H groups in total. The monoisotopic (exact) mass is 945 g/mol. The summed E-state index contributed by atoms with van der Waals surface area (Å²) in [5, 5.41) is 0. The number of benzene rings is 7. The normalized spacial score (nSPS) is 12.3. The van der Waals surface area contributed by atoms with E-state index < -0.39 is 0 Å². The average Bonchev–Trinajstić information content (AvgIpc) is 3.57. The van der Waals surface area contributed by atoms with Crippen LogP contribution >= 0.6 is 0 Å². The van der Waals surface area contributed by atoms with Crippen LogP contribution in [-0.2, 0) is 31.3 Å². The number of para-hydroxylation sites is 3. The van der Waals surface area contributed by atoms with Gasteiger partial charge < -0.3 is 0 Å². The minimum atomic E-state index is 0.00181. The van der Waals surface area contributed by atoms with Crippen LogP contribution in [-0.4, -0.2) is 14.1 Å². The summed E-state index contributed by atoms with van der Waals surface area (Å²) in [6, 6.07) is 64.5. The van der Waals surface area contributed by atoms with Gasteiger partial charge in [-0.3, -0.25) is 0 Å². The van der Waals surface area contributed by atoms with Crippen LogP contribution in [0.5, 0.6) is 11.5 Å². The number of aromatic nitrogens is 3. The van der Waals surface area contributed by atoms with Gasteiger partial charge in [-0.2, -0.15) is 0 Å². The summed E-state index contributed by atoms with van der Waals surface area (Å²) >= 11 is 2.50. The predicted octanol–water partition coefficient (Wildman–Crippen LogP) is 13.6. The van der Waals surface area contributed by atoms with Crippen LogP contribution in [0.4, 0.5) is 11.5 Å². The third kappa shape index (κ3) is 6.76. The Morgan fingerprint density at radius 2 is 1.15 bits per heavy atom. The molecule has 3 heterocycles. The summed E-state index contributed by atoms with van der Waals surface area (Å²) < 4.78 is 12.6. The fourth-order valence-electron chi connectivity index (χ4n) is 8.32. The number of rotatable bonds is 7. The number of ether oxygens (including phenoxy) is 1. The van der Waals surface area contributed by atoms with E-state index in [2.05, 4.69) is 230 Å². The van der Waals surface area contributed by atoms with Gasteiger partial charge in [-0.1, -0.05) is 39.0 Å². The van der Waals surface area contributed by atoms with E-state index in [0.29, 0.717) is 0 Å². The van der Waals surface area contributed by atoms with Crippen molar-refractivity contribution in [1.29, 1.82) is 0 Å². The van der Waals surface area contributed by atoms with Crippen molar-refractivity contribution in [2.45, 2.75) is 32.7 Å². The zero-order chi connectivity index (χ0) is 40.1. The van der Waals surface area contributed by atoms with Gasteiger partial charge in [0.1, 0.15) is 0 Å². The van der Waals surface area contributed by atoms with E-state index >= 15 is 0 Å². The molecular weight excluding hydrogens is 904 g/mol. The molecule has 0 bridgehead atoms. The van der Waals surface area contributed by atoms with Crippen molar-refractivity contribution in [2.75, 3.05) is 4.90 Å². The summed E-state index contributed by atoms with van der Waals surface area (Å²) in [6.07, 6.45) is 1.93. The van der Waals surface area contributed by atoms with Gasteiger partial charge in [-0.15, -0.1) is 0 Å². The molecule has 9 aromatic rings. The van der Waals surface area contributed by atoms with Crippen LogP contribution in [0.1, 0.15) is 31.9 Å². The van der Waals surface area contributed by atoms with E-state index in [1.807, 2.05) is 12.3 Å². The van der Waals surface area contributed by atoms with E-state index in [-0.39, 0.29) is 5.41 Å². The number of nitrogens with zero attached hydrogens (tertiary/aromatic N) is 4. The zero-order valence-corrected chi connectivity index (χ0v) is 35.4. The van der Waals surface area contributed by atoms with Gasteiger partial charge in [0.05, 0.1) is 0 Å². The van der Waals surface area contributed by atoms with Crippen LogP contribution in [0.3, 0.4) is 0 Å². The van der Waals surface area contributed by atoms with E-state index in [0.717, 1.165) is 55.8 Å². The summed E-state index contributed by atoms with van der Waals surface area (Å²) in [5.41, 5.74) is 15.0. The van der Waals surface area contributed by atoms with E-state index in [1.54, 1.807) is 0 Å². The van der Waals surface area contributed by atoms with Crippen molar-refractivity contribution in [3.8, 4) is 56.3 Å². The Morgan fingerprint density at radius 3 is 1.86 bits per heavy atom. The molecule has 0 saturated heterocycles. The van der Waals surface area contributed by atoms with Gasteiger partial charge in [0.15, 0.2) is 0 Å². The molecule has 0 saturated carbocycles. The Bertz CT molecular complexity index is 3010. The van der Waals surface area contributed by atoms with Crippen LogP contribution in [0.25, 0.3) is 55.8 Å². The molecule has 0 amide bonds. The molecule has 0 spiro atoms. The van der Waals surface area contributed by atoms with E-state index in [9.17, 15) is 0 Å². The van der Waals surface area contributed by atoms with Gasteiger partial charge in [-0.25, -0.2) is 0 Å². The topological polar surface area (TPSA) is 35.2 Å². The van der Waals surface area contributed by atoms with Crippen molar-refractivity contribution >= 4 is 22.5 Å². The zero-order valence-electron chi connectivity index (χ0n) is 33.1. The Kier molecular flexibility index (Phi) is 9.34. The molecule has 290 valence electrons. The Labute approximate surface area is 355 Å². The van der Waals surface area contributed by atoms with E-state index in [4.69, 9.17) is 9.72 Å². The summed E-state index contributed by atoms with van der Waals surface area (Å²) in [6.45, 7) is 7.46. The first-order valence-electron chi connectivity index (χ1n) is 20.0. The second kappa shape index (κ2) is 15.0. The molecule has 0 unspecified atom stereocenters. The number of hydrogen-bond donors (Lipinski definition) is 0. The van der Waals surface area contributed by atoms with Gasteiger partial charge in [-0.05, 0) is 17.0 Å². The molecule has 1 aliphatic rings. The van der Waals surface area contributed by atoms with Gasteiger partial charge in [0.2, 0.25) is 0 Å². The van der Waals surface area contributed by atoms with Crippen molar-refractivity contribution < 1.29 is 24.1 Å². The maximum atomic E-state index is 6.78. The quantitative estimate of drug-likeness (QED) is 0.160. The SMILES string of the molecule is CC(C)(C)c1ccnc(N2Cc3ccccc3-c3ccc(Oc4cccc(-n5[c](=[Pt])n(-c6c(-c7ccccc7)cccc6-c6ccccc6)c6ccccc65)c4)cc32)c1. The first-order chi connectivity index (χ1) is 28.8. The molecule has 59 heavy (non-hydrogen) atoms. The molecule has 1 aliphatic heterocycles. The van der Waals surface area contributed by atoms with Gasteiger partial charge >= 0.3 is 296 Å². The molecule has 10 rings (SSSR count). The van der Waals surface area contributed by atoms with Gasteiger partial charge in [0, 0.05) is 6.20 Å². The first kappa shape index (κ1) is 36.8. The fraction of sp³-hybridized carbons (Fsp3) is 0.0943. The standard InChI is InChI=1S/C53H42N4O.Pt/c1-53(2,3)40-30-31-54-51(32-40)55-35-39-20-10-11-23-44(39)47-29-28-43(34-50(47)55)58-42-22-14-21-41(33-42)56-36-57(49-27-13-12-26-48(49)56)52-45(37-16-6-4-7-17-37)24-15-25-46(52)38-18-8-5-9-19-38;/h4-34H,35H2,1-3H3;. The number of pyridine rings is 1. The van der Waals surface area contributed by atoms with Crippen molar-refractivity contribution in [3.05, 3.63) is 203 Å². The summed E-state index contributed by atoms with van der Waals surface area (Å²) in [5.74, 6) is 2.45. The second-order valence-electron chi connectivity index (χ2n) is 16.0. The molecule has 0 fully saturated rings.